The van der Waals surface area contributed by atoms with E-state index in [-0.39, 0.29) is 24.0 Å². The van der Waals surface area contributed by atoms with E-state index in [2.05, 4.69) is 39.8 Å². The van der Waals surface area contributed by atoms with Crippen LogP contribution in [0.5, 0.6) is 0 Å². The Kier molecular flexibility index (Phi) is 6.50. The van der Waals surface area contributed by atoms with Crippen LogP contribution in [0, 0.1) is 0 Å². The second kappa shape index (κ2) is 9.03. The summed E-state index contributed by atoms with van der Waals surface area (Å²) in [6.07, 6.45) is 5.60. The quantitative estimate of drug-likeness (QED) is 0.750. The van der Waals surface area contributed by atoms with Crippen molar-refractivity contribution >= 4 is 17.6 Å². The molecule has 0 bridgehead atoms. The van der Waals surface area contributed by atoms with Crippen LogP contribution in [0.25, 0.3) is 0 Å². The molecule has 2 fully saturated rings. The van der Waals surface area contributed by atoms with Gasteiger partial charge in [-0.15, -0.1) is 0 Å². The molecule has 0 spiro atoms. The largest absolute Gasteiger partial charge is 0.360 e. The highest BCUT2D eigenvalue weighted by atomic mass is 16.2. The lowest BCUT2D eigenvalue weighted by molar-refractivity contribution is -0.914. The highest BCUT2D eigenvalue weighted by Gasteiger charge is 2.30. The zero-order chi connectivity index (χ0) is 18.4. The van der Waals surface area contributed by atoms with E-state index in [1.54, 1.807) is 0 Å². The molecule has 0 aromatic heterocycles. The topological polar surface area (TPSA) is 65.9 Å². The van der Waals surface area contributed by atoms with Crippen LogP contribution < -0.4 is 20.4 Å². The number of nitrogens with zero attached hydrogens (tertiary/aromatic N) is 1. The molecule has 3 N–H and O–H groups in total. The molecule has 26 heavy (non-hydrogen) atoms. The average Bonchev–Trinajstić information content (AvgIpc) is 2.69. The maximum Gasteiger partial charge on any atom is 0.321 e. The summed E-state index contributed by atoms with van der Waals surface area (Å²) in [5, 5.41) is 5.49. The number of quaternary nitrogens is 1. The van der Waals surface area contributed by atoms with Gasteiger partial charge in [-0.2, -0.15) is 0 Å². The first-order valence-electron chi connectivity index (χ1n) is 9.89. The smallest absolute Gasteiger partial charge is 0.321 e. The molecule has 6 nitrogen and oxygen atoms in total. The van der Waals surface area contributed by atoms with Gasteiger partial charge in [-0.25, -0.2) is 4.79 Å². The number of urea groups is 1. The standard InChI is InChI=1S/C20H30N4O2/c1-16(19(25)22-20(26)21-17-8-4-2-5-9-17)23-12-14-24(15-13-23)18-10-6-3-7-11-18/h3,6-7,10-11,16-17H,2,4-5,8-9,12-15H2,1H3,(H2,21,22,25,26)/p+1/t16-/m1/s1. The Labute approximate surface area is 155 Å². The lowest BCUT2D eigenvalue weighted by Gasteiger charge is -2.36. The number of para-hydroxylation sites is 1. The summed E-state index contributed by atoms with van der Waals surface area (Å²) >= 11 is 0. The summed E-state index contributed by atoms with van der Waals surface area (Å²) in [6.45, 7) is 5.55. The average molecular weight is 359 g/mol. The fourth-order valence-electron chi connectivity index (χ4n) is 4.00. The van der Waals surface area contributed by atoms with Crippen molar-refractivity contribution in [2.75, 3.05) is 31.1 Å². The van der Waals surface area contributed by atoms with Gasteiger partial charge in [-0.3, -0.25) is 10.1 Å². The van der Waals surface area contributed by atoms with Gasteiger partial charge in [0.05, 0.1) is 26.2 Å². The van der Waals surface area contributed by atoms with Gasteiger partial charge in [-0.1, -0.05) is 37.5 Å². The fourth-order valence-corrected chi connectivity index (χ4v) is 4.00. The molecule has 3 rings (SSSR count). The third-order valence-corrected chi connectivity index (χ3v) is 5.71. The highest BCUT2D eigenvalue weighted by molar-refractivity contribution is 5.96. The Morgan fingerprint density at radius 2 is 1.73 bits per heavy atom. The van der Waals surface area contributed by atoms with Gasteiger partial charge >= 0.3 is 6.03 Å². The minimum Gasteiger partial charge on any atom is -0.360 e. The zero-order valence-electron chi connectivity index (χ0n) is 15.7. The fraction of sp³-hybridized carbons (Fsp3) is 0.600. The number of imide groups is 1. The van der Waals surface area contributed by atoms with E-state index in [0.717, 1.165) is 51.9 Å². The first-order chi connectivity index (χ1) is 12.6. The van der Waals surface area contributed by atoms with E-state index in [4.69, 9.17) is 0 Å². The van der Waals surface area contributed by atoms with Gasteiger partial charge in [-0.05, 0) is 31.9 Å². The molecule has 2 aliphatic rings. The maximum absolute atomic E-state index is 12.4. The van der Waals surface area contributed by atoms with Crippen LogP contribution in [0.1, 0.15) is 39.0 Å². The number of carbonyl (C=O) groups excluding carboxylic acids is 2. The Bertz CT molecular complexity index is 593. The van der Waals surface area contributed by atoms with Crippen molar-refractivity contribution in [2.45, 2.75) is 51.1 Å². The van der Waals surface area contributed by atoms with E-state index in [9.17, 15) is 9.59 Å². The third kappa shape index (κ3) is 4.97. The summed E-state index contributed by atoms with van der Waals surface area (Å²) in [7, 11) is 0. The van der Waals surface area contributed by atoms with Crippen molar-refractivity contribution in [3.05, 3.63) is 30.3 Å². The van der Waals surface area contributed by atoms with Gasteiger partial charge in [0.25, 0.3) is 5.91 Å². The van der Waals surface area contributed by atoms with E-state index in [0.29, 0.717) is 0 Å². The maximum atomic E-state index is 12.4. The number of nitrogens with one attached hydrogen (secondary N) is 3. The molecule has 1 aromatic rings. The number of hydrogen-bond acceptors (Lipinski definition) is 3. The lowest BCUT2D eigenvalue weighted by Crippen LogP contribution is -3.19. The summed E-state index contributed by atoms with van der Waals surface area (Å²) in [5.74, 6) is -0.179. The Morgan fingerprint density at radius 3 is 2.38 bits per heavy atom. The molecule has 1 saturated heterocycles. The van der Waals surface area contributed by atoms with E-state index in [1.807, 2.05) is 13.0 Å². The normalized spacial score (nSPS) is 20.4. The number of benzene rings is 1. The zero-order valence-corrected chi connectivity index (χ0v) is 15.7. The molecule has 6 heteroatoms. The molecule has 1 heterocycles. The van der Waals surface area contributed by atoms with Crippen LogP contribution in [0.15, 0.2) is 30.3 Å². The SMILES string of the molecule is C[C@H](C(=O)NC(=O)NC1CCCCC1)[NH+]1CCN(c2ccccc2)CC1. The van der Waals surface area contributed by atoms with Crippen molar-refractivity contribution in [1.82, 2.24) is 10.6 Å². The molecule has 1 aliphatic carbocycles. The highest BCUT2D eigenvalue weighted by Crippen LogP contribution is 2.17. The van der Waals surface area contributed by atoms with E-state index >= 15 is 0 Å². The van der Waals surface area contributed by atoms with Gasteiger partial charge in [0.15, 0.2) is 6.04 Å². The minimum atomic E-state index is -0.337. The predicted octanol–water partition coefficient (Wildman–Crippen LogP) is 0.939. The summed E-state index contributed by atoms with van der Waals surface area (Å²) in [5.41, 5.74) is 1.23. The third-order valence-electron chi connectivity index (χ3n) is 5.71. The molecule has 0 radical (unpaired) electrons. The molecular formula is C20H31N4O2+. The van der Waals surface area contributed by atoms with Crippen molar-refractivity contribution in [1.29, 1.82) is 0 Å². The number of hydrogen-bond donors (Lipinski definition) is 3. The number of anilines is 1. The Balaban J connectivity index is 1.43. The van der Waals surface area contributed by atoms with Crippen LogP contribution in [0.3, 0.4) is 0 Å². The monoisotopic (exact) mass is 359 g/mol. The second-order valence-corrected chi connectivity index (χ2v) is 7.50. The first-order valence-corrected chi connectivity index (χ1v) is 9.89. The Hall–Kier alpha value is -2.08. The summed E-state index contributed by atoms with van der Waals surface area (Å²) in [6, 6.07) is 10.0. The molecule has 1 aliphatic heterocycles. The first kappa shape index (κ1) is 18.7. The number of rotatable bonds is 4. The van der Waals surface area contributed by atoms with Crippen LogP contribution in [-0.4, -0.2) is 50.2 Å². The van der Waals surface area contributed by atoms with Crippen molar-refractivity contribution in [3.8, 4) is 0 Å². The van der Waals surface area contributed by atoms with Crippen molar-refractivity contribution < 1.29 is 14.5 Å². The molecule has 1 atom stereocenters. The second-order valence-electron chi connectivity index (χ2n) is 7.50. The van der Waals surface area contributed by atoms with Crippen LogP contribution >= 0.6 is 0 Å². The van der Waals surface area contributed by atoms with Crippen LogP contribution in [0.2, 0.25) is 0 Å². The van der Waals surface area contributed by atoms with Crippen molar-refractivity contribution in [3.63, 3.8) is 0 Å². The summed E-state index contributed by atoms with van der Waals surface area (Å²) < 4.78 is 0. The van der Waals surface area contributed by atoms with Crippen molar-refractivity contribution in [2.24, 2.45) is 0 Å². The van der Waals surface area contributed by atoms with E-state index < -0.39 is 0 Å². The predicted molar refractivity (Wildman–Crippen MR) is 102 cm³/mol. The van der Waals surface area contributed by atoms with Gasteiger partial charge in [0.1, 0.15) is 0 Å². The lowest BCUT2D eigenvalue weighted by atomic mass is 9.96. The molecular weight excluding hydrogens is 328 g/mol. The minimum absolute atomic E-state index is 0.179. The number of carbonyl (C=O) groups is 2. The number of amides is 3. The van der Waals surface area contributed by atoms with E-state index in [1.165, 1.54) is 17.0 Å². The molecule has 1 aromatic carbocycles. The summed E-state index contributed by atoms with van der Waals surface area (Å²) in [4.78, 5) is 28.1. The van der Waals surface area contributed by atoms with Gasteiger partial charge in [0, 0.05) is 11.7 Å². The van der Waals surface area contributed by atoms with Crippen LogP contribution in [-0.2, 0) is 4.79 Å². The van der Waals surface area contributed by atoms with Gasteiger partial charge < -0.3 is 15.1 Å². The molecule has 142 valence electrons. The molecule has 0 unspecified atom stereocenters. The van der Waals surface area contributed by atoms with Crippen LogP contribution in [0.4, 0.5) is 10.5 Å². The number of piperazine rings is 1. The van der Waals surface area contributed by atoms with Gasteiger partial charge in [0.2, 0.25) is 0 Å². The Morgan fingerprint density at radius 1 is 1.08 bits per heavy atom. The molecule has 3 amide bonds. The molecule has 1 saturated carbocycles.